The Morgan fingerprint density at radius 1 is 0.448 bits per heavy atom. The lowest BCUT2D eigenvalue weighted by molar-refractivity contribution is -0.385. The van der Waals surface area contributed by atoms with E-state index in [1.165, 1.54) is 47.5 Å². The van der Waals surface area contributed by atoms with E-state index < -0.39 is 28.5 Å². The molecule has 3 amide bonds. The van der Waals surface area contributed by atoms with Crippen molar-refractivity contribution in [1.29, 1.82) is 0 Å². The first kappa shape index (κ1) is 88.4. The van der Waals surface area contributed by atoms with Gasteiger partial charge in [-0.25, -0.2) is 14.4 Å². The van der Waals surface area contributed by atoms with Gasteiger partial charge in [0.05, 0.1) is 61.2 Å². The molecule has 0 bridgehead atoms. The van der Waals surface area contributed by atoms with Crippen molar-refractivity contribution in [2.75, 3.05) is 16.4 Å². The van der Waals surface area contributed by atoms with Gasteiger partial charge in [-0.1, -0.05) is 182 Å². The van der Waals surface area contributed by atoms with Crippen molar-refractivity contribution in [3.8, 4) is 56.5 Å². The molecule has 0 radical (unpaired) electrons. The number of nitrogen functional groups attached to an aromatic ring is 1. The van der Waals surface area contributed by atoms with Gasteiger partial charge in [0.15, 0.2) is 0 Å². The molecule has 0 unspecified atom stereocenters. The number of nitro benzene ring substituents is 2. The molecule has 29 nitrogen and oxygen atoms in total. The van der Waals surface area contributed by atoms with E-state index in [4.69, 9.17) is 37.9 Å². The maximum atomic E-state index is 12.0. The van der Waals surface area contributed by atoms with Crippen LogP contribution in [0.5, 0.6) is 11.5 Å². The van der Waals surface area contributed by atoms with Crippen LogP contribution in [-0.2, 0) is 19.6 Å². The smallest absolute Gasteiger partial charge is 0.423 e. The van der Waals surface area contributed by atoms with Gasteiger partial charge in [0, 0.05) is 140 Å². The summed E-state index contributed by atoms with van der Waals surface area (Å²) < 4.78 is 10.9. The third kappa shape index (κ3) is 25.8. The van der Waals surface area contributed by atoms with Crippen molar-refractivity contribution in [2.24, 2.45) is 10.7 Å². The summed E-state index contributed by atoms with van der Waals surface area (Å²) in [5.41, 5.74) is 28.8. The maximum Gasteiger partial charge on any atom is 0.488 e. The van der Waals surface area contributed by atoms with E-state index in [0.717, 1.165) is 121 Å². The highest BCUT2D eigenvalue weighted by Gasteiger charge is 2.17. The van der Waals surface area contributed by atoms with Gasteiger partial charge < -0.3 is 41.6 Å². The molecule has 12 aromatic carbocycles. The molecule has 13 N–H and O–H groups in total. The van der Waals surface area contributed by atoms with E-state index in [1.54, 1.807) is 73.3 Å². The maximum absolute atomic E-state index is 12.0. The predicted molar refractivity (Wildman–Crippen MR) is 497 cm³/mol. The molecule has 0 atom stereocenters. The highest BCUT2D eigenvalue weighted by Crippen LogP contribution is 2.32. The Labute approximate surface area is 733 Å². The van der Waals surface area contributed by atoms with Crippen LogP contribution in [0.1, 0.15) is 22.3 Å². The summed E-state index contributed by atoms with van der Waals surface area (Å²) in [5, 5.41) is 80.0. The number of hydrogen-bond acceptors (Lipinski definition) is 20. The van der Waals surface area contributed by atoms with Crippen LogP contribution in [0, 0.1) is 20.2 Å². The van der Waals surface area contributed by atoms with Crippen molar-refractivity contribution >= 4 is 140 Å². The largest absolute Gasteiger partial charge is 0.488 e. The number of aromatic amines is 4. The molecule has 622 valence electrons. The number of nitro groups is 2. The Bertz CT molecular complexity index is 6590. The number of aliphatic imine (C=N–C) groups is 1. The molecular formula is C93H77BClIN18O11. The van der Waals surface area contributed by atoms with Crippen molar-refractivity contribution in [3.63, 3.8) is 0 Å². The molecule has 0 aliphatic carbocycles. The van der Waals surface area contributed by atoms with Crippen LogP contribution in [0.15, 0.2) is 357 Å². The molecule has 6 aromatic heterocycles. The van der Waals surface area contributed by atoms with Crippen LogP contribution < -0.4 is 42.4 Å². The predicted octanol–water partition coefficient (Wildman–Crippen LogP) is 19.4. The number of ether oxygens (including phenoxy) is 2. The molecule has 0 fully saturated rings. The zero-order valence-electron chi connectivity index (χ0n) is 66.2. The van der Waals surface area contributed by atoms with Gasteiger partial charge in [-0.2, -0.15) is 20.4 Å². The average Bonchev–Trinajstić information content (AvgIpc) is 1.71. The second-order valence-corrected chi connectivity index (χ2v) is 28.1. The van der Waals surface area contributed by atoms with Gasteiger partial charge in [0.2, 0.25) is 0 Å². The van der Waals surface area contributed by atoms with Crippen molar-refractivity contribution in [3.05, 3.63) is 395 Å². The normalized spacial score (nSPS) is 10.6. The zero-order valence-corrected chi connectivity index (χ0v) is 69.1. The number of urea groups is 1. The van der Waals surface area contributed by atoms with Crippen LogP contribution >= 0.6 is 34.2 Å². The Morgan fingerprint density at radius 3 is 1.20 bits per heavy atom. The van der Waals surface area contributed by atoms with E-state index in [0.29, 0.717) is 30.3 Å². The van der Waals surface area contributed by atoms with Crippen LogP contribution in [-0.4, -0.2) is 99.0 Å². The lowest BCUT2D eigenvalue weighted by Crippen LogP contribution is -2.29. The molecule has 125 heavy (non-hydrogen) atoms. The fourth-order valence-corrected chi connectivity index (χ4v) is 12.9. The van der Waals surface area contributed by atoms with Crippen LogP contribution in [0.4, 0.5) is 42.8 Å². The molecule has 0 saturated carbocycles. The van der Waals surface area contributed by atoms with E-state index in [-0.39, 0.29) is 22.9 Å². The van der Waals surface area contributed by atoms with E-state index in [2.05, 4.69) is 129 Å². The minimum absolute atomic E-state index is 0.0700. The number of aromatic nitrogens is 10. The van der Waals surface area contributed by atoms with E-state index in [1.807, 2.05) is 212 Å². The number of carbonyl (C=O) groups is 3. The van der Waals surface area contributed by atoms with Crippen molar-refractivity contribution in [1.82, 2.24) is 56.1 Å². The summed E-state index contributed by atoms with van der Waals surface area (Å²) in [6.07, 6.45) is 6.35. The van der Waals surface area contributed by atoms with Gasteiger partial charge in [0.25, 0.3) is 11.4 Å². The number of nitrogens with two attached hydrogens (primary N) is 2. The van der Waals surface area contributed by atoms with Crippen molar-refractivity contribution < 1.29 is 43.8 Å². The number of carbonyl (C=O) groups excluding carboxylic acids is 3. The Hall–Kier alpha value is -15.9. The van der Waals surface area contributed by atoms with Gasteiger partial charge in [0.1, 0.15) is 15.2 Å². The minimum atomic E-state index is -1.58. The minimum Gasteiger partial charge on any atom is -0.423 e. The van der Waals surface area contributed by atoms with Gasteiger partial charge in [-0.05, 0) is 166 Å². The molecule has 1 aliphatic heterocycles. The van der Waals surface area contributed by atoms with Gasteiger partial charge in [-0.15, -0.1) is 0 Å². The highest BCUT2D eigenvalue weighted by atomic mass is 127. The number of para-hydroxylation sites is 6. The number of non-ortho nitro benzene ring substituents is 2. The van der Waals surface area contributed by atoms with Crippen LogP contribution in [0.25, 0.3) is 88.6 Å². The Balaban J connectivity index is 0.000000134. The van der Waals surface area contributed by atoms with Gasteiger partial charge in [-0.3, -0.25) is 60.9 Å². The number of hydrogen-bond donors (Lipinski definition) is 11. The first-order chi connectivity index (χ1) is 60.9. The summed E-state index contributed by atoms with van der Waals surface area (Å²) in [6, 6.07) is 99.3. The molecule has 7 heterocycles. The van der Waals surface area contributed by atoms with E-state index >= 15 is 0 Å². The SMILES string of the molecule is IC1=NCc2ccccc21.NCc1ccncc1.Nc1ccc(-c2n[nH]c3ccccc23)cc1.O=C(Cl)Oc1ccccc1.O=C(NCc1ccncc1)Nc1ccc(-c2n[nH]c3ccccc23)cc1.O=C(Nc1ccc(-c2n[nH]c3ccccc23)cc1)Oc1ccccc1.O=[N+]([O-])c1ccc(-c2n[nH]c3ccccc23)cc1.O=[N+]([O-])c1ccc(B(O)O)cc1. The number of benzene rings is 12. The second kappa shape index (κ2) is 44.9. The quantitative estimate of drug-likeness (QED) is 0.0120. The standard InChI is InChI=1S/C20H17N5O.C20H15N3O2.C13H9N3O2.C13H11N3.C8H6IN.C7H5ClO2.C6H6BNO4.C6H8N2/c26-20(22-13-14-9-11-21-12-10-14)23-16-7-5-15(6-8-16)19-17-3-1-2-4-18(17)24-25-19;24-20(25-16-6-2-1-3-7-16)21-15-12-10-14(11-13-15)19-17-8-4-5-9-18(17)22-23-19;17-16(18)10-7-5-9(6-8-10)13-11-3-1-2-4-12(11)14-15-13;14-10-7-5-9(6-8-10)13-11-3-1-2-4-12(11)15-16-13;9-8-7-4-2-1-3-6(7)5-10-8;8-7(9)10-6-4-2-1-3-5-6;9-7(10)5-1-3-6(4-2-5)8(11)12;7-5-6-1-3-8-4-2-6/h1-12H,13H2,(H,24,25)(H2,22,23,26);1-13H,(H,21,24)(H,22,23);1-8H,(H,14,15);1-8H,14H2,(H,15,16);1-4H,5H2;1-5H;1-4,9-10H;1-4H,5,7H2. The molecule has 32 heteroatoms. The summed E-state index contributed by atoms with van der Waals surface area (Å²) >= 11 is 7.22. The summed E-state index contributed by atoms with van der Waals surface area (Å²) in [5.74, 6) is 0.960. The molecule has 19 rings (SSSR count). The fraction of sp³-hybridized carbons (Fsp3) is 0.0323. The van der Waals surface area contributed by atoms with Crippen LogP contribution in [0.2, 0.25) is 0 Å². The monoisotopic (exact) mass is 1790 g/mol. The molecule has 1 aliphatic rings. The molecular weight excluding hydrogens is 1720 g/mol. The average molecular weight is 1800 g/mol. The molecule has 18 aromatic rings. The molecule has 0 spiro atoms. The lowest BCUT2D eigenvalue weighted by atomic mass is 9.80. The first-order valence-electron chi connectivity index (χ1n) is 38.3. The number of rotatable bonds is 14. The number of fused-ring (bicyclic) bond motifs is 5. The lowest BCUT2D eigenvalue weighted by Gasteiger charge is -2.08. The zero-order chi connectivity index (χ0) is 87.7. The number of amides is 3. The number of nitrogens with one attached hydrogen (secondary N) is 7. The second-order valence-electron chi connectivity index (χ2n) is 26.7. The van der Waals surface area contributed by atoms with Gasteiger partial charge >= 0.3 is 24.7 Å². The Morgan fingerprint density at radius 2 is 0.808 bits per heavy atom. The number of anilines is 3. The number of halogens is 2. The highest BCUT2D eigenvalue weighted by molar-refractivity contribution is 14.1. The Kier molecular flexibility index (Phi) is 31.7. The summed E-state index contributed by atoms with van der Waals surface area (Å²) in [4.78, 5) is 66.0. The fourth-order valence-electron chi connectivity index (χ4n) is 12.1. The first-order valence-corrected chi connectivity index (χ1v) is 39.8. The summed E-state index contributed by atoms with van der Waals surface area (Å²) in [6.45, 7) is 1.92. The third-order valence-corrected chi connectivity index (χ3v) is 19.3. The third-order valence-electron chi connectivity index (χ3n) is 18.4. The summed E-state index contributed by atoms with van der Waals surface area (Å²) in [7, 11) is -1.58. The van der Waals surface area contributed by atoms with Crippen molar-refractivity contribution in [2.45, 2.75) is 19.6 Å². The molecule has 0 saturated heterocycles. The number of H-pyrrole nitrogens is 4. The number of nitrogens with zero attached hydrogens (tertiary/aromatic N) is 9. The number of pyridine rings is 2. The van der Waals surface area contributed by atoms with Crippen LogP contribution in [0.3, 0.4) is 0 Å². The topological polar surface area (TPSA) is 437 Å². The van der Waals surface area contributed by atoms with E-state index in [9.17, 15) is 34.6 Å².